The molecule has 5 nitrogen and oxygen atoms in total. The van der Waals surface area contributed by atoms with Gasteiger partial charge in [0.15, 0.2) is 0 Å². The van der Waals surface area contributed by atoms with Gasteiger partial charge in [0.2, 0.25) is 5.82 Å². The van der Waals surface area contributed by atoms with E-state index in [0.29, 0.717) is 11.9 Å². The monoisotopic (exact) mass is 222 g/mol. The molecule has 0 spiro atoms. The molecule has 1 heterocycles. The lowest BCUT2D eigenvalue weighted by molar-refractivity contribution is 0.0923. The molecule has 0 saturated heterocycles. The fraction of sp³-hybridized carbons (Fsp3) is 0.727. The van der Waals surface area contributed by atoms with Crippen LogP contribution in [0.3, 0.4) is 0 Å². The molecule has 0 unspecified atom stereocenters. The largest absolute Gasteiger partial charge is 0.347 e. The highest BCUT2D eigenvalue weighted by atomic mass is 16.2. The summed E-state index contributed by atoms with van der Waals surface area (Å²) in [7, 11) is 0. The molecule has 1 fully saturated rings. The van der Waals surface area contributed by atoms with Crippen molar-refractivity contribution in [2.24, 2.45) is 0 Å². The summed E-state index contributed by atoms with van der Waals surface area (Å²) in [6.45, 7) is 1.79. The number of H-pyrrole nitrogens is 1. The molecule has 0 bridgehead atoms. The first-order chi connectivity index (χ1) is 7.75. The zero-order valence-electron chi connectivity index (χ0n) is 9.62. The van der Waals surface area contributed by atoms with Gasteiger partial charge in [0.25, 0.3) is 5.91 Å². The SMILES string of the molecule is Cc1nc(C(=O)NC2CCCCCC2)n[nH]1. The number of rotatable bonds is 2. The quantitative estimate of drug-likeness (QED) is 0.746. The van der Waals surface area contributed by atoms with Crippen molar-refractivity contribution in [1.29, 1.82) is 0 Å². The Morgan fingerprint density at radius 3 is 2.56 bits per heavy atom. The molecule has 16 heavy (non-hydrogen) atoms. The lowest BCUT2D eigenvalue weighted by Gasteiger charge is -2.14. The summed E-state index contributed by atoms with van der Waals surface area (Å²) in [6, 6.07) is 0.300. The minimum Gasteiger partial charge on any atom is -0.347 e. The molecular weight excluding hydrogens is 204 g/mol. The van der Waals surface area contributed by atoms with E-state index < -0.39 is 0 Å². The van der Waals surface area contributed by atoms with Crippen LogP contribution in [0, 0.1) is 6.92 Å². The number of aromatic amines is 1. The van der Waals surface area contributed by atoms with Crippen LogP contribution in [0.1, 0.15) is 55.0 Å². The van der Waals surface area contributed by atoms with Gasteiger partial charge in [0.05, 0.1) is 0 Å². The Bertz CT molecular complexity index is 353. The van der Waals surface area contributed by atoms with E-state index in [4.69, 9.17) is 0 Å². The number of hydrogen-bond acceptors (Lipinski definition) is 3. The van der Waals surface area contributed by atoms with Crippen LogP contribution in [0.5, 0.6) is 0 Å². The molecular formula is C11H18N4O. The molecule has 1 saturated carbocycles. The van der Waals surface area contributed by atoms with E-state index in [-0.39, 0.29) is 11.7 Å². The number of nitrogens with zero attached hydrogens (tertiary/aromatic N) is 2. The van der Waals surface area contributed by atoms with Gasteiger partial charge in [-0.25, -0.2) is 4.98 Å². The molecule has 1 aromatic rings. The van der Waals surface area contributed by atoms with Crippen molar-refractivity contribution in [2.75, 3.05) is 0 Å². The third kappa shape index (κ3) is 2.81. The van der Waals surface area contributed by atoms with Gasteiger partial charge >= 0.3 is 0 Å². The zero-order valence-corrected chi connectivity index (χ0v) is 9.62. The van der Waals surface area contributed by atoms with Gasteiger partial charge in [0.1, 0.15) is 5.82 Å². The summed E-state index contributed by atoms with van der Waals surface area (Å²) < 4.78 is 0. The molecule has 0 atom stereocenters. The van der Waals surface area contributed by atoms with E-state index in [1.54, 1.807) is 6.92 Å². The Kier molecular flexibility index (Phi) is 3.54. The van der Waals surface area contributed by atoms with Gasteiger partial charge < -0.3 is 5.32 Å². The van der Waals surface area contributed by atoms with Crippen LogP contribution in [0.25, 0.3) is 0 Å². The van der Waals surface area contributed by atoms with Crippen molar-refractivity contribution in [3.63, 3.8) is 0 Å². The van der Waals surface area contributed by atoms with Crippen molar-refractivity contribution in [3.8, 4) is 0 Å². The van der Waals surface area contributed by atoms with E-state index in [9.17, 15) is 4.79 Å². The normalized spacial score (nSPS) is 18.1. The first-order valence-electron chi connectivity index (χ1n) is 5.95. The fourth-order valence-electron chi connectivity index (χ4n) is 2.12. The lowest BCUT2D eigenvalue weighted by atomic mass is 10.1. The van der Waals surface area contributed by atoms with Crippen LogP contribution in [-0.4, -0.2) is 27.1 Å². The molecule has 2 rings (SSSR count). The van der Waals surface area contributed by atoms with Gasteiger partial charge in [-0.05, 0) is 19.8 Å². The van der Waals surface area contributed by atoms with Crippen molar-refractivity contribution in [1.82, 2.24) is 20.5 Å². The second kappa shape index (κ2) is 5.09. The Balaban J connectivity index is 1.90. The van der Waals surface area contributed by atoms with Crippen LogP contribution >= 0.6 is 0 Å². The van der Waals surface area contributed by atoms with E-state index in [0.717, 1.165) is 12.8 Å². The molecule has 1 aromatic heterocycles. The third-order valence-corrected chi connectivity index (χ3v) is 2.99. The lowest BCUT2D eigenvalue weighted by Crippen LogP contribution is -2.35. The zero-order chi connectivity index (χ0) is 11.4. The number of aryl methyl sites for hydroxylation is 1. The van der Waals surface area contributed by atoms with Crippen LogP contribution in [-0.2, 0) is 0 Å². The number of carbonyl (C=O) groups is 1. The highest BCUT2D eigenvalue weighted by molar-refractivity contribution is 5.90. The summed E-state index contributed by atoms with van der Waals surface area (Å²) in [5.74, 6) is 0.768. The summed E-state index contributed by atoms with van der Waals surface area (Å²) in [5.41, 5.74) is 0. The van der Waals surface area contributed by atoms with Crippen molar-refractivity contribution in [2.45, 2.75) is 51.5 Å². The average molecular weight is 222 g/mol. The molecule has 0 aliphatic heterocycles. The van der Waals surface area contributed by atoms with Crippen molar-refractivity contribution >= 4 is 5.91 Å². The van der Waals surface area contributed by atoms with E-state index in [1.165, 1.54) is 25.7 Å². The minimum absolute atomic E-state index is 0.156. The van der Waals surface area contributed by atoms with Crippen molar-refractivity contribution in [3.05, 3.63) is 11.6 Å². The fourth-order valence-corrected chi connectivity index (χ4v) is 2.12. The van der Waals surface area contributed by atoms with E-state index in [2.05, 4.69) is 20.5 Å². The predicted octanol–water partition coefficient (Wildman–Crippen LogP) is 1.57. The Labute approximate surface area is 95.0 Å². The minimum atomic E-state index is -0.156. The van der Waals surface area contributed by atoms with Crippen molar-refractivity contribution < 1.29 is 4.79 Å². The van der Waals surface area contributed by atoms with E-state index >= 15 is 0 Å². The second-order valence-corrected chi connectivity index (χ2v) is 4.41. The molecule has 1 aliphatic rings. The van der Waals surface area contributed by atoms with Gasteiger partial charge in [0, 0.05) is 6.04 Å². The summed E-state index contributed by atoms with van der Waals surface area (Å²) in [4.78, 5) is 15.8. The Hall–Kier alpha value is -1.39. The Morgan fingerprint density at radius 2 is 2.00 bits per heavy atom. The average Bonchev–Trinajstić information content (AvgIpc) is 2.54. The molecule has 88 valence electrons. The van der Waals surface area contributed by atoms with Gasteiger partial charge in [-0.15, -0.1) is 5.10 Å². The smallest absolute Gasteiger partial charge is 0.291 e. The van der Waals surface area contributed by atoms with E-state index in [1.807, 2.05) is 0 Å². The number of aromatic nitrogens is 3. The highest BCUT2D eigenvalue weighted by Crippen LogP contribution is 2.17. The molecule has 1 aliphatic carbocycles. The first kappa shape index (κ1) is 11.1. The van der Waals surface area contributed by atoms with Gasteiger partial charge in [-0.1, -0.05) is 25.7 Å². The van der Waals surface area contributed by atoms with Crippen LogP contribution < -0.4 is 5.32 Å². The maximum Gasteiger partial charge on any atom is 0.291 e. The van der Waals surface area contributed by atoms with Gasteiger partial charge in [-0.2, -0.15) is 0 Å². The third-order valence-electron chi connectivity index (χ3n) is 2.99. The number of hydrogen-bond donors (Lipinski definition) is 2. The Morgan fingerprint density at radius 1 is 1.31 bits per heavy atom. The molecule has 0 radical (unpaired) electrons. The topological polar surface area (TPSA) is 70.7 Å². The number of nitrogens with one attached hydrogen (secondary N) is 2. The standard InChI is InChI=1S/C11H18N4O/c1-8-12-10(15-14-8)11(16)13-9-6-4-2-3-5-7-9/h9H,2-7H2,1H3,(H,13,16)(H,12,14,15). The summed E-state index contributed by atoms with van der Waals surface area (Å²) >= 11 is 0. The maximum atomic E-state index is 11.8. The highest BCUT2D eigenvalue weighted by Gasteiger charge is 2.17. The summed E-state index contributed by atoms with van der Waals surface area (Å²) in [6.07, 6.45) is 7.14. The first-order valence-corrected chi connectivity index (χ1v) is 5.95. The van der Waals surface area contributed by atoms with Gasteiger partial charge in [-0.3, -0.25) is 9.89 Å². The molecule has 1 amide bonds. The molecule has 5 heteroatoms. The second-order valence-electron chi connectivity index (χ2n) is 4.41. The van der Waals surface area contributed by atoms with Crippen LogP contribution in [0.4, 0.5) is 0 Å². The molecule has 2 N–H and O–H groups in total. The number of carbonyl (C=O) groups excluding carboxylic acids is 1. The molecule has 0 aromatic carbocycles. The van der Waals surface area contributed by atoms with Crippen LogP contribution in [0.2, 0.25) is 0 Å². The number of amides is 1. The van der Waals surface area contributed by atoms with Crippen LogP contribution in [0.15, 0.2) is 0 Å². The maximum absolute atomic E-state index is 11.8. The predicted molar refractivity (Wildman–Crippen MR) is 60.1 cm³/mol. The summed E-state index contributed by atoms with van der Waals surface area (Å²) in [5, 5.41) is 9.54.